The summed E-state index contributed by atoms with van der Waals surface area (Å²) in [6.07, 6.45) is 34.8. The summed E-state index contributed by atoms with van der Waals surface area (Å²) in [4.78, 5) is 7.74. The third-order valence-electron chi connectivity index (χ3n) is 11.2. The number of fused-ring (bicyclic) bond motifs is 5. The van der Waals surface area contributed by atoms with Crippen molar-refractivity contribution in [1.29, 1.82) is 0 Å². The molecule has 1 aliphatic heterocycles. The first-order valence-corrected chi connectivity index (χ1v) is 20.9. The van der Waals surface area contributed by atoms with Crippen LogP contribution >= 0.6 is 0 Å². The second-order valence-electron chi connectivity index (χ2n) is 15.0. The number of aromatic nitrogens is 4. The summed E-state index contributed by atoms with van der Waals surface area (Å²) in [5.41, 5.74) is 12.4. The average Bonchev–Trinajstić information content (AvgIpc) is 3.86. The molecule has 1 aliphatic rings. The predicted molar refractivity (Wildman–Crippen MR) is 257 cm³/mol. The van der Waals surface area contributed by atoms with Crippen LogP contribution in [0.5, 0.6) is 0 Å². The molecule has 5 heterocycles. The third-order valence-corrected chi connectivity index (χ3v) is 11.2. The fourth-order valence-corrected chi connectivity index (χ4v) is 8.57. The van der Waals surface area contributed by atoms with Gasteiger partial charge in [0.2, 0.25) is 0 Å². The summed E-state index contributed by atoms with van der Waals surface area (Å²) in [6, 6.07) is 26.7. The lowest BCUT2D eigenvalue weighted by atomic mass is 10.0. The molecular weight excluding hydrogens is 719 g/mol. The summed E-state index contributed by atoms with van der Waals surface area (Å²) >= 11 is 0. The van der Waals surface area contributed by atoms with E-state index in [9.17, 15) is 0 Å². The van der Waals surface area contributed by atoms with Gasteiger partial charge in [-0.25, -0.2) is 4.98 Å². The molecule has 0 aliphatic carbocycles. The van der Waals surface area contributed by atoms with E-state index >= 15 is 0 Å². The van der Waals surface area contributed by atoms with E-state index in [1.807, 2.05) is 13.0 Å². The van der Waals surface area contributed by atoms with Crippen LogP contribution in [0.1, 0.15) is 70.0 Å². The standard InChI is InChI=1S/C54H53N5/c1-8-13-16-26-39-27-18-15-17-25-38(6)57(37-39)53-33-40(34-54(55-53)59-48(24-11-4)42(23-10-3)43-28-20-22-32-50(43)59)58-49(30-14-9-2)41(12-5)45-35-46-44-29-19-21-31-47(44)56(7)51(46)36-52(45)58/h8,10-11,13-26,28-37H,6,9,12,27H2,1-5,7H3/b13-8-,18-15-,23-10-,24-11-,25-17-,26-16-,30-14-,39-37-. The molecule has 5 nitrogen and oxygen atoms in total. The molecule has 3 aromatic carbocycles. The molecule has 4 aromatic heterocycles. The number of rotatable bonds is 10. The van der Waals surface area contributed by atoms with Gasteiger partial charge < -0.3 is 14.0 Å². The zero-order valence-electron chi connectivity index (χ0n) is 35.2. The quantitative estimate of drug-likeness (QED) is 0.130. The number of benzene rings is 3. The van der Waals surface area contributed by atoms with E-state index in [-0.39, 0.29) is 0 Å². The van der Waals surface area contributed by atoms with Crippen molar-refractivity contribution >= 4 is 67.7 Å². The number of hydrogen-bond donors (Lipinski definition) is 0. The lowest BCUT2D eigenvalue weighted by Gasteiger charge is -2.24. The van der Waals surface area contributed by atoms with Gasteiger partial charge in [-0.15, -0.1) is 0 Å². The van der Waals surface area contributed by atoms with E-state index in [1.165, 1.54) is 43.8 Å². The highest BCUT2D eigenvalue weighted by Gasteiger charge is 2.23. The molecule has 0 N–H and O–H groups in total. The normalized spacial score (nSPS) is 16.3. The van der Waals surface area contributed by atoms with Crippen molar-refractivity contribution in [2.75, 3.05) is 4.90 Å². The van der Waals surface area contributed by atoms with Gasteiger partial charge in [0.25, 0.3) is 0 Å². The summed E-state index contributed by atoms with van der Waals surface area (Å²) < 4.78 is 7.12. The van der Waals surface area contributed by atoms with Crippen LogP contribution in [0.15, 0.2) is 164 Å². The van der Waals surface area contributed by atoms with Gasteiger partial charge in [-0.2, -0.15) is 0 Å². The molecule has 0 amide bonds. The molecule has 59 heavy (non-hydrogen) atoms. The Morgan fingerprint density at radius 2 is 1.44 bits per heavy atom. The molecule has 0 spiro atoms. The van der Waals surface area contributed by atoms with Gasteiger partial charge in [0, 0.05) is 69.4 Å². The van der Waals surface area contributed by atoms with Gasteiger partial charge in [0.1, 0.15) is 11.6 Å². The highest BCUT2D eigenvalue weighted by atomic mass is 15.2. The Morgan fingerprint density at radius 3 is 2.20 bits per heavy atom. The van der Waals surface area contributed by atoms with Crippen molar-refractivity contribution in [3.63, 3.8) is 0 Å². The summed E-state index contributed by atoms with van der Waals surface area (Å²) in [6.45, 7) is 15.3. The minimum absolute atomic E-state index is 0.768. The van der Waals surface area contributed by atoms with E-state index in [1.54, 1.807) is 0 Å². The smallest absolute Gasteiger partial charge is 0.142 e. The van der Waals surface area contributed by atoms with Crippen molar-refractivity contribution in [2.24, 2.45) is 7.05 Å². The maximum atomic E-state index is 5.59. The van der Waals surface area contributed by atoms with E-state index in [0.29, 0.717) is 0 Å². The number of allylic oxidation sites excluding steroid dienone is 12. The van der Waals surface area contributed by atoms with Crippen LogP contribution in [0, 0.1) is 0 Å². The number of aryl methyl sites for hydroxylation is 2. The van der Waals surface area contributed by atoms with Crippen LogP contribution in [0.3, 0.4) is 0 Å². The van der Waals surface area contributed by atoms with Crippen LogP contribution in [0.4, 0.5) is 5.82 Å². The maximum Gasteiger partial charge on any atom is 0.142 e. The Bertz CT molecular complexity index is 2990. The molecule has 294 valence electrons. The Morgan fingerprint density at radius 1 is 0.678 bits per heavy atom. The zero-order chi connectivity index (χ0) is 41.0. The first-order chi connectivity index (χ1) is 28.9. The second kappa shape index (κ2) is 16.9. The minimum atomic E-state index is 0.768. The number of para-hydroxylation sites is 2. The fourth-order valence-electron chi connectivity index (χ4n) is 8.57. The lowest BCUT2D eigenvalue weighted by molar-refractivity contribution is 0.981. The lowest BCUT2D eigenvalue weighted by Crippen LogP contribution is -2.17. The van der Waals surface area contributed by atoms with Crippen LogP contribution in [0.25, 0.3) is 73.3 Å². The molecule has 0 fully saturated rings. The van der Waals surface area contributed by atoms with Gasteiger partial charge in [0.15, 0.2) is 0 Å². The molecule has 5 heteroatoms. The Labute approximate surface area is 348 Å². The topological polar surface area (TPSA) is 30.9 Å². The summed E-state index contributed by atoms with van der Waals surface area (Å²) in [7, 11) is 2.18. The largest absolute Gasteiger partial charge is 0.344 e. The van der Waals surface area contributed by atoms with Crippen molar-refractivity contribution in [3.05, 3.63) is 186 Å². The SMILES string of the molecule is C=C1/C=C\C=C/CC(/C=C\C=C/C)=C\N1c1cc(-n2c(/C=C\CC)c(CC)c3cc4c5ccccc5n(C)c4cc32)cc(-n2c(/C=C\C)c(/C=C\C)c3ccccc32)n1. The molecule has 0 atom stereocenters. The highest BCUT2D eigenvalue weighted by molar-refractivity contribution is 6.13. The van der Waals surface area contributed by atoms with Gasteiger partial charge in [-0.05, 0) is 93.7 Å². The van der Waals surface area contributed by atoms with Crippen LogP contribution < -0.4 is 4.90 Å². The van der Waals surface area contributed by atoms with E-state index in [0.717, 1.165) is 70.1 Å². The fraction of sp³-hybridized carbons (Fsp3) is 0.167. The van der Waals surface area contributed by atoms with Gasteiger partial charge >= 0.3 is 0 Å². The van der Waals surface area contributed by atoms with E-state index in [2.05, 4.69) is 218 Å². The van der Waals surface area contributed by atoms with E-state index < -0.39 is 0 Å². The van der Waals surface area contributed by atoms with Crippen LogP contribution in [-0.2, 0) is 13.5 Å². The van der Waals surface area contributed by atoms with Crippen molar-refractivity contribution in [1.82, 2.24) is 18.7 Å². The molecule has 0 radical (unpaired) electrons. The van der Waals surface area contributed by atoms with Gasteiger partial charge in [0.05, 0.1) is 27.9 Å². The predicted octanol–water partition coefficient (Wildman–Crippen LogP) is 14.5. The third kappa shape index (κ3) is 7.08. The Kier molecular flexibility index (Phi) is 11.2. The molecule has 8 rings (SSSR count). The minimum Gasteiger partial charge on any atom is -0.344 e. The monoisotopic (exact) mass is 771 g/mol. The summed E-state index contributed by atoms with van der Waals surface area (Å²) in [5.74, 6) is 1.60. The van der Waals surface area contributed by atoms with Gasteiger partial charge in [-0.3, -0.25) is 4.57 Å². The first-order valence-electron chi connectivity index (χ1n) is 20.9. The molecule has 0 bridgehead atoms. The average molecular weight is 772 g/mol. The van der Waals surface area contributed by atoms with Gasteiger partial charge in [-0.1, -0.05) is 124 Å². The molecule has 7 aromatic rings. The Hall–Kier alpha value is -6.85. The van der Waals surface area contributed by atoms with Crippen molar-refractivity contribution in [2.45, 2.75) is 53.9 Å². The Balaban J connectivity index is 1.52. The highest BCUT2D eigenvalue weighted by Crippen LogP contribution is 2.40. The summed E-state index contributed by atoms with van der Waals surface area (Å²) in [5, 5.41) is 4.98. The number of hydrogen-bond acceptors (Lipinski definition) is 2. The number of nitrogens with zero attached hydrogens (tertiary/aromatic N) is 5. The van der Waals surface area contributed by atoms with E-state index in [4.69, 9.17) is 4.98 Å². The number of pyridine rings is 1. The van der Waals surface area contributed by atoms with Crippen molar-refractivity contribution < 1.29 is 0 Å². The first kappa shape index (κ1) is 39.0. The van der Waals surface area contributed by atoms with Crippen LogP contribution in [-0.4, -0.2) is 18.7 Å². The maximum absolute atomic E-state index is 5.59. The zero-order valence-corrected chi connectivity index (χ0v) is 35.2. The van der Waals surface area contributed by atoms with Crippen molar-refractivity contribution in [3.8, 4) is 11.5 Å². The van der Waals surface area contributed by atoms with Crippen LogP contribution in [0.2, 0.25) is 0 Å². The molecular formula is C54H53N5. The number of anilines is 1. The molecule has 0 saturated heterocycles. The molecule has 0 unspecified atom stereocenters. The second-order valence-corrected chi connectivity index (χ2v) is 15.0. The molecule has 0 saturated carbocycles.